The normalized spacial score (nSPS) is 15.3. The van der Waals surface area contributed by atoms with Crippen LogP contribution in [0.3, 0.4) is 0 Å². The van der Waals surface area contributed by atoms with Crippen LogP contribution >= 0.6 is 0 Å². The van der Waals surface area contributed by atoms with E-state index < -0.39 is 0 Å². The van der Waals surface area contributed by atoms with Crippen LogP contribution in [0.25, 0.3) is 0 Å². The average Bonchev–Trinajstić information content (AvgIpc) is 2.54. The summed E-state index contributed by atoms with van der Waals surface area (Å²) in [5.74, 6) is 0.435. The molecule has 1 heterocycles. The molecule has 6 heteroatoms. The molecular formula is C16H22N2O4. The highest BCUT2D eigenvalue weighted by Crippen LogP contribution is 2.12. The maximum atomic E-state index is 11.7. The second kappa shape index (κ2) is 8.51. The zero-order valence-electron chi connectivity index (χ0n) is 12.8. The molecule has 22 heavy (non-hydrogen) atoms. The third-order valence-corrected chi connectivity index (χ3v) is 3.48. The lowest BCUT2D eigenvalue weighted by atomic mass is 10.1. The van der Waals surface area contributed by atoms with Crippen molar-refractivity contribution in [1.82, 2.24) is 10.2 Å². The Kier molecular flexibility index (Phi) is 6.36. The van der Waals surface area contributed by atoms with Gasteiger partial charge >= 0.3 is 0 Å². The molecule has 1 aliphatic heterocycles. The Balaban J connectivity index is 1.63. The number of hydrogen-bond acceptors (Lipinski definition) is 5. The minimum atomic E-state index is -0.149. The van der Waals surface area contributed by atoms with Gasteiger partial charge in [-0.25, -0.2) is 0 Å². The number of nitrogens with one attached hydrogen (secondary N) is 1. The molecule has 0 spiro atoms. The largest absolute Gasteiger partial charge is 0.484 e. The van der Waals surface area contributed by atoms with E-state index in [4.69, 9.17) is 9.47 Å². The lowest BCUT2D eigenvalue weighted by molar-refractivity contribution is -0.123. The molecule has 1 N–H and O–H groups in total. The molecule has 1 fully saturated rings. The molecule has 0 aromatic heterocycles. The van der Waals surface area contributed by atoms with E-state index in [1.807, 2.05) is 0 Å². The van der Waals surface area contributed by atoms with Gasteiger partial charge in [0.2, 0.25) is 0 Å². The standard InChI is InChI=1S/C16H22N2O4/c1-13(19)14-2-4-15(5-3-14)22-12-16(20)17-6-7-18-8-10-21-11-9-18/h2-5H,6-12H2,1H3,(H,17,20). The Morgan fingerprint density at radius 3 is 2.55 bits per heavy atom. The highest BCUT2D eigenvalue weighted by Gasteiger charge is 2.10. The van der Waals surface area contributed by atoms with Crippen LogP contribution in [0.2, 0.25) is 0 Å². The SMILES string of the molecule is CC(=O)c1ccc(OCC(=O)NCCN2CCOCC2)cc1. The first-order valence-electron chi connectivity index (χ1n) is 7.46. The fourth-order valence-electron chi connectivity index (χ4n) is 2.16. The van der Waals surface area contributed by atoms with Crippen LogP contribution in [0.4, 0.5) is 0 Å². The van der Waals surface area contributed by atoms with Crippen molar-refractivity contribution in [2.24, 2.45) is 0 Å². The highest BCUT2D eigenvalue weighted by molar-refractivity contribution is 5.94. The molecule has 0 saturated carbocycles. The summed E-state index contributed by atoms with van der Waals surface area (Å²) in [5, 5.41) is 2.83. The van der Waals surface area contributed by atoms with Gasteiger partial charge in [0.1, 0.15) is 5.75 Å². The molecule has 120 valence electrons. The maximum Gasteiger partial charge on any atom is 0.257 e. The number of ketones is 1. The van der Waals surface area contributed by atoms with Crippen molar-refractivity contribution >= 4 is 11.7 Å². The Bertz CT molecular complexity index is 495. The predicted molar refractivity (Wildman–Crippen MR) is 82.2 cm³/mol. The monoisotopic (exact) mass is 306 g/mol. The van der Waals surface area contributed by atoms with Crippen molar-refractivity contribution in [2.75, 3.05) is 46.0 Å². The van der Waals surface area contributed by atoms with Crippen molar-refractivity contribution in [1.29, 1.82) is 0 Å². The van der Waals surface area contributed by atoms with Crippen molar-refractivity contribution in [3.05, 3.63) is 29.8 Å². The molecule has 1 aliphatic rings. The minimum absolute atomic E-state index is 0.00686. The van der Waals surface area contributed by atoms with Gasteiger partial charge in [0.25, 0.3) is 5.91 Å². The van der Waals surface area contributed by atoms with Crippen molar-refractivity contribution in [3.63, 3.8) is 0 Å². The number of ether oxygens (including phenoxy) is 2. The van der Waals surface area contributed by atoms with Gasteiger partial charge in [-0.1, -0.05) is 0 Å². The summed E-state index contributed by atoms with van der Waals surface area (Å²) in [7, 11) is 0. The molecule has 2 rings (SSSR count). The zero-order chi connectivity index (χ0) is 15.8. The van der Waals surface area contributed by atoms with Gasteiger partial charge in [0.15, 0.2) is 12.4 Å². The lowest BCUT2D eigenvalue weighted by Crippen LogP contribution is -2.42. The minimum Gasteiger partial charge on any atom is -0.484 e. The quantitative estimate of drug-likeness (QED) is 0.752. The number of amides is 1. The summed E-state index contributed by atoms with van der Waals surface area (Å²) < 4.78 is 10.7. The maximum absolute atomic E-state index is 11.7. The summed E-state index contributed by atoms with van der Waals surface area (Å²) in [4.78, 5) is 25.1. The summed E-state index contributed by atoms with van der Waals surface area (Å²) in [6.07, 6.45) is 0. The van der Waals surface area contributed by atoms with Crippen LogP contribution in [-0.2, 0) is 9.53 Å². The van der Waals surface area contributed by atoms with Crippen molar-refractivity contribution in [3.8, 4) is 5.75 Å². The van der Waals surface area contributed by atoms with Gasteiger partial charge in [-0.2, -0.15) is 0 Å². The number of carbonyl (C=O) groups excluding carboxylic acids is 2. The predicted octanol–water partition coefficient (Wildman–Crippen LogP) is 0.716. The van der Waals surface area contributed by atoms with Crippen LogP contribution in [0.15, 0.2) is 24.3 Å². The van der Waals surface area contributed by atoms with Gasteiger partial charge in [-0.05, 0) is 31.2 Å². The Labute approximate surface area is 130 Å². The molecule has 0 bridgehead atoms. The topological polar surface area (TPSA) is 67.9 Å². The van der Waals surface area contributed by atoms with Crippen LogP contribution in [0, 0.1) is 0 Å². The Hall–Kier alpha value is -1.92. The van der Waals surface area contributed by atoms with Crippen LogP contribution < -0.4 is 10.1 Å². The number of morpholine rings is 1. The molecule has 1 aromatic carbocycles. The molecule has 1 amide bonds. The molecule has 1 saturated heterocycles. The van der Waals surface area contributed by atoms with E-state index in [1.54, 1.807) is 24.3 Å². The fourth-order valence-corrected chi connectivity index (χ4v) is 2.16. The molecule has 0 radical (unpaired) electrons. The zero-order valence-corrected chi connectivity index (χ0v) is 12.8. The molecule has 0 atom stereocenters. The van der Waals surface area contributed by atoms with Gasteiger partial charge in [0.05, 0.1) is 13.2 Å². The first-order chi connectivity index (χ1) is 10.6. The molecular weight excluding hydrogens is 284 g/mol. The summed E-state index contributed by atoms with van der Waals surface area (Å²) >= 11 is 0. The number of nitrogens with zero attached hydrogens (tertiary/aromatic N) is 1. The smallest absolute Gasteiger partial charge is 0.257 e. The number of carbonyl (C=O) groups is 2. The molecule has 6 nitrogen and oxygen atoms in total. The van der Waals surface area contributed by atoms with Crippen molar-refractivity contribution < 1.29 is 19.1 Å². The van der Waals surface area contributed by atoms with Gasteiger partial charge < -0.3 is 14.8 Å². The molecule has 0 unspecified atom stereocenters. The number of Topliss-reactive ketones (excluding diaryl/α,β-unsaturated/α-hetero) is 1. The Morgan fingerprint density at radius 1 is 1.23 bits per heavy atom. The summed E-state index contributed by atoms with van der Waals surface area (Å²) in [5.41, 5.74) is 0.627. The number of hydrogen-bond donors (Lipinski definition) is 1. The fraction of sp³-hybridized carbons (Fsp3) is 0.500. The average molecular weight is 306 g/mol. The van der Waals surface area contributed by atoms with Gasteiger partial charge in [-0.15, -0.1) is 0 Å². The highest BCUT2D eigenvalue weighted by atomic mass is 16.5. The number of rotatable bonds is 7. The first-order valence-corrected chi connectivity index (χ1v) is 7.46. The van der Waals surface area contributed by atoms with Crippen LogP contribution in [0.5, 0.6) is 5.75 Å². The third-order valence-electron chi connectivity index (χ3n) is 3.48. The molecule has 0 aliphatic carbocycles. The van der Waals surface area contributed by atoms with Gasteiger partial charge in [0, 0.05) is 31.7 Å². The first kappa shape index (κ1) is 16.5. The van der Waals surface area contributed by atoms with E-state index >= 15 is 0 Å². The lowest BCUT2D eigenvalue weighted by Gasteiger charge is -2.26. The molecule has 1 aromatic rings. The summed E-state index contributed by atoms with van der Waals surface area (Å²) in [6.45, 7) is 6.25. The van der Waals surface area contributed by atoms with E-state index in [0.29, 0.717) is 17.9 Å². The third kappa shape index (κ3) is 5.46. The Morgan fingerprint density at radius 2 is 1.91 bits per heavy atom. The second-order valence-electron chi connectivity index (χ2n) is 5.17. The van der Waals surface area contributed by atoms with Gasteiger partial charge in [-0.3, -0.25) is 14.5 Å². The van der Waals surface area contributed by atoms with Crippen molar-refractivity contribution in [2.45, 2.75) is 6.92 Å². The van der Waals surface area contributed by atoms with E-state index in [9.17, 15) is 9.59 Å². The van der Waals surface area contributed by atoms with Crippen LogP contribution in [-0.4, -0.2) is 62.6 Å². The van der Waals surface area contributed by atoms with E-state index in [2.05, 4.69) is 10.2 Å². The van der Waals surface area contributed by atoms with E-state index in [0.717, 1.165) is 32.8 Å². The summed E-state index contributed by atoms with van der Waals surface area (Å²) in [6, 6.07) is 6.76. The van der Waals surface area contributed by atoms with Crippen LogP contribution in [0.1, 0.15) is 17.3 Å². The second-order valence-corrected chi connectivity index (χ2v) is 5.17. The number of benzene rings is 1. The van der Waals surface area contributed by atoms with E-state index in [1.165, 1.54) is 6.92 Å². The van der Waals surface area contributed by atoms with E-state index in [-0.39, 0.29) is 18.3 Å².